The topological polar surface area (TPSA) is 70.1 Å². The van der Waals surface area contributed by atoms with Gasteiger partial charge in [0.25, 0.3) is 11.7 Å². The van der Waals surface area contributed by atoms with Crippen LogP contribution in [0.5, 0.6) is 5.75 Å². The number of ketones is 1. The standard InChI is InChI=1S/C27H32N2O4/c1-6-16-33-21-12-13-22(19(3)17-21)25(30)23-24(20-10-8-18(2)9-11-20)29(27(32)26(23)31)15-7-14-28(4)5/h6,8-13,17,24,30H,1,7,14-16H2,2-5H3/b25-23+. The predicted octanol–water partition coefficient (Wildman–Crippen LogP) is 4.24. The molecule has 0 bridgehead atoms. The van der Waals surface area contributed by atoms with Crippen LogP contribution in [0.15, 0.2) is 60.7 Å². The first-order valence-corrected chi connectivity index (χ1v) is 11.1. The Hall–Kier alpha value is -3.38. The van der Waals surface area contributed by atoms with E-state index in [-0.39, 0.29) is 11.3 Å². The lowest BCUT2D eigenvalue weighted by Crippen LogP contribution is -2.32. The van der Waals surface area contributed by atoms with E-state index in [2.05, 4.69) is 6.58 Å². The summed E-state index contributed by atoms with van der Waals surface area (Å²) in [6.07, 6.45) is 2.37. The van der Waals surface area contributed by atoms with Crippen LogP contribution in [0.25, 0.3) is 5.76 Å². The van der Waals surface area contributed by atoms with Gasteiger partial charge in [0.2, 0.25) is 0 Å². The molecule has 6 heteroatoms. The molecule has 2 aromatic carbocycles. The molecule has 6 nitrogen and oxygen atoms in total. The highest BCUT2D eigenvalue weighted by Crippen LogP contribution is 2.40. The summed E-state index contributed by atoms with van der Waals surface area (Å²) in [6.45, 7) is 9.04. The number of hydrogen-bond acceptors (Lipinski definition) is 5. The van der Waals surface area contributed by atoms with Crippen molar-refractivity contribution in [2.75, 3.05) is 33.8 Å². The molecule has 1 amide bonds. The van der Waals surface area contributed by atoms with Gasteiger partial charge in [-0.3, -0.25) is 9.59 Å². The first-order chi connectivity index (χ1) is 15.7. The second-order valence-electron chi connectivity index (χ2n) is 8.64. The van der Waals surface area contributed by atoms with Gasteiger partial charge in [-0.05, 0) is 70.2 Å². The number of rotatable bonds is 9. The summed E-state index contributed by atoms with van der Waals surface area (Å²) in [5, 5.41) is 11.3. The fourth-order valence-corrected chi connectivity index (χ4v) is 4.06. The van der Waals surface area contributed by atoms with Crippen molar-refractivity contribution in [3.05, 3.63) is 82.9 Å². The number of Topliss-reactive ketones (excluding diaryl/α,β-unsaturated/α-hetero) is 1. The fourth-order valence-electron chi connectivity index (χ4n) is 4.06. The second kappa shape index (κ2) is 10.5. The summed E-state index contributed by atoms with van der Waals surface area (Å²) in [6, 6.07) is 12.3. The molecule has 0 radical (unpaired) electrons. The minimum atomic E-state index is -0.658. The van der Waals surface area contributed by atoms with Crippen molar-refractivity contribution < 1.29 is 19.4 Å². The predicted molar refractivity (Wildman–Crippen MR) is 130 cm³/mol. The summed E-state index contributed by atoms with van der Waals surface area (Å²) in [7, 11) is 3.94. The number of carbonyl (C=O) groups is 2. The van der Waals surface area contributed by atoms with Crippen LogP contribution in [0.2, 0.25) is 0 Å². The van der Waals surface area contributed by atoms with Gasteiger partial charge in [0, 0.05) is 12.1 Å². The third kappa shape index (κ3) is 5.34. The van der Waals surface area contributed by atoms with Crippen molar-refractivity contribution in [3.63, 3.8) is 0 Å². The minimum Gasteiger partial charge on any atom is -0.507 e. The van der Waals surface area contributed by atoms with E-state index < -0.39 is 17.7 Å². The van der Waals surface area contributed by atoms with Crippen molar-refractivity contribution >= 4 is 17.4 Å². The summed E-state index contributed by atoms with van der Waals surface area (Å²) < 4.78 is 5.57. The van der Waals surface area contributed by atoms with Gasteiger partial charge in [-0.25, -0.2) is 0 Å². The van der Waals surface area contributed by atoms with Crippen molar-refractivity contribution in [1.82, 2.24) is 9.80 Å². The van der Waals surface area contributed by atoms with E-state index in [9.17, 15) is 14.7 Å². The van der Waals surface area contributed by atoms with Crippen LogP contribution in [-0.4, -0.2) is 60.4 Å². The Bertz CT molecular complexity index is 1070. The number of aryl methyl sites for hydroxylation is 2. The molecule has 1 unspecified atom stereocenters. The third-order valence-corrected chi connectivity index (χ3v) is 5.76. The van der Waals surface area contributed by atoms with Crippen LogP contribution in [0.3, 0.4) is 0 Å². The fraction of sp³-hybridized carbons (Fsp3) is 0.333. The van der Waals surface area contributed by atoms with Gasteiger partial charge in [-0.2, -0.15) is 0 Å². The number of aliphatic hydroxyl groups excluding tert-OH is 1. The molecule has 3 rings (SSSR count). The van der Waals surface area contributed by atoms with Gasteiger partial charge in [0.15, 0.2) is 0 Å². The number of carbonyl (C=O) groups excluding carboxylic acids is 2. The maximum atomic E-state index is 13.1. The zero-order valence-corrected chi connectivity index (χ0v) is 19.8. The highest BCUT2D eigenvalue weighted by Gasteiger charge is 2.45. The van der Waals surface area contributed by atoms with Crippen LogP contribution in [0, 0.1) is 13.8 Å². The molecule has 33 heavy (non-hydrogen) atoms. The van der Waals surface area contributed by atoms with Gasteiger partial charge in [-0.15, -0.1) is 0 Å². The molecule has 1 atom stereocenters. The average molecular weight is 449 g/mol. The van der Waals surface area contributed by atoms with Crippen LogP contribution >= 0.6 is 0 Å². The lowest BCUT2D eigenvalue weighted by Gasteiger charge is -2.26. The van der Waals surface area contributed by atoms with Crippen LogP contribution in [-0.2, 0) is 9.59 Å². The molecule has 1 saturated heterocycles. The summed E-state index contributed by atoms with van der Waals surface area (Å²) in [5.74, 6) is -0.760. The molecule has 1 N–H and O–H groups in total. The van der Waals surface area contributed by atoms with Crippen molar-refractivity contribution in [1.29, 1.82) is 0 Å². The Labute approximate surface area is 195 Å². The normalized spacial score (nSPS) is 17.6. The largest absolute Gasteiger partial charge is 0.507 e. The van der Waals surface area contributed by atoms with E-state index in [0.717, 1.165) is 29.7 Å². The molecular weight excluding hydrogens is 416 g/mol. The van der Waals surface area contributed by atoms with Crippen molar-refractivity contribution in [2.45, 2.75) is 26.3 Å². The molecule has 0 aromatic heterocycles. The highest BCUT2D eigenvalue weighted by molar-refractivity contribution is 6.46. The Morgan fingerprint density at radius 3 is 2.45 bits per heavy atom. The van der Waals surface area contributed by atoms with Gasteiger partial charge in [0.05, 0.1) is 11.6 Å². The zero-order chi connectivity index (χ0) is 24.1. The number of hydrogen-bond donors (Lipinski definition) is 1. The van der Waals surface area contributed by atoms with Gasteiger partial charge >= 0.3 is 0 Å². The van der Waals surface area contributed by atoms with Crippen molar-refractivity contribution in [3.8, 4) is 5.75 Å². The maximum Gasteiger partial charge on any atom is 0.295 e. The van der Waals surface area contributed by atoms with Crippen molar-refractivity contribution in [2.24, 2.45) is 0 Å². The van der Waals surface area contributed by atoms with E-state index in [1.807, 2.05) is 57.1 Å². The molecule has 1 heterocycles. The van der Waals surface area contributed by atoms with Gasteiger partial charge in [-0.1, -0.05) is 42.5 Å². The Morgan fingerprint density at radius 2 is 1.85 bits per heavy atom. The van der Waals surface area contributed by atoms with E-state index in [0.29, 0.717) is 24.5 Å². The molecule has 2 aromatic rings. The SMILES string of the molecule is C=CCOc1ccc(/C(O)=C2\C(=O)C(=O)N(CCCN(C)C)C2c2ccc(C)cc2)c(C)c1. The number of likely N-dealkylation sites (tertiary alicyclic amines) is 1. The first-order valence-electron chi connectivity index (χ1n) is 11.1. The third-order valence-electron chi connectivity index (χ3n) is 5.76. The average Bonchev–Trinajstić information content (AvgIpc) is 3.02. The molecule has 0 saturated carbocycles. The maximum absolute atomic E-state index is 13.1. The Morgan fingerprint density at radius 1 is 1.15 bits per heavy atom. The molecule has 1 fully saturated rings. The van der Waals surface area contributed by atoms with Gasteiger partial charge < -0.3 is 19.6 Å². The van der Waals surface area contributed by atoms with E-state index in [1.165, 1.54) is 0 Å². The summed E-state index contributed by atoms with van der Waals surface area (Å²) in [5.41, 5.74) is 3.25. The highest BCUT2D eigenvalue weighted by atomic mass is 16.5. The van der Waals surface area contributed by atoms with Gasteiger partial charge in [0.1, 0.15) is 18.1 Å². The Kier molecular flexibility index (Phi) is 7.71. The number of ether oxygens (including phenoxy) is 1. The minimum absolute atomic E-state index is 0.122. The second-order valence-corrected chi connectivity index (χ2v) is 8.64. The number of benzene rings is 2. The van der Waals surface area contributed by atoms with Crippen LogP contribution in [0.4, 0.5) is 0 Å². The zero-order valence-electron chi connectivity index (χ0n) is 19.8. The number of nitrogens with zero attached hydrogens (tertiary/aromatic N) is 2. The number of aliphatic hydroxyl groups is 1. The Balaban J connectivity index is 2.07. The molecule has 174 valence electrons. The summed E-state index contributed by atoms with van der Waals surface area (Å²) in [4.78, 5) is 29.8. The van der Waals surface area contributed by atoms with E-state index in [4.69, 9.17) is 4.74 Å². The quantitative estimate of drug-likeness (QED) is 0.269. The smallest absolute Gasteiger partial charge is 0.295 e. The van der Waals surface area contributed by atoms with E-state index >= 15 is 0 Å². The van der Waals surface area contributed by atoms with E-state index in [1.54, 1.807) is 29.2 Å². The molecule has 0 spiro atoms. The molecular formula is C27H32N2O4. The monoisotopic (exact) mass is 448 g/mol. The molecule has 1 aliphatic heterocycles. The number of amides is 1. The molecule has 1 aliphatic rings. The first kappa shape index (κ1) is 24.3. The molecule has 0 aliphatic carbocycles. The lowest BCUT2D eigenvalue weighted by molar-refractivity contribution is -0.139. The summed E-state index contributed by atoms with van der Waals surface area (Å²) >= 11 is 0. The lowest BCUT2D eigenvalue weighted by atomic mass is 9.93. The van der Waals surface area contributed by atoms with Crippen LogP contribution < -0.4 is 4.74 Å². The van der Waals surface area contributed by atoms with Crippen LogP contribution in [0.1, 0.15) is 34.7 Å².